The lowest BCUT2D eigenvalue weighted by atomic mass is 9.94. The molecule has 7 nitrogen and oxygen atoms in total. The van der Waals surface area contributed by atoms with E-state index in [-0.39, 0.29) is 17.7 Å². The second-order valence-electron chi connectivity index (χ2n) is 8.46. The molecule has 0 saturated carbocycles. The normalized spacial score (nSPS) is 19.1. The van der Waals surface area contributed by atoms with Crippen molar-refractivity contribution in [3.05, 3.63) is 65.7 Å². The van der Waals surface area contributed by atoms with Crippen molar-refractivity contribution < 1.29 is 19.1 Å². The number of amides is 3. The molecule has 1 atom stereocenters. The Morgan fingerprint density at radius 3 is 2.25 bits per heavy atom. The fourth-order valence-corrected chi connectivity index (χ4v) is 4.51. The predicted molar refractivity (Wildman–Crippen MR) is 120 cm³/mol. The number of piperidine rings is 1. The van der Waals surface area contributed by atoms with Crippen LogP contribution < -0.4 is 10.5 Å². The largest absolute Gasteiger partial charge is 0.489 e. The zero-order valence-corrected chi connectivity index (χ0v) is 18.1. The number of carbonyl (C=O) groups is 3. The van der Waals surface area contributed by atoms with Gasteiger partial charge in [0.2, 0.25) is 11.8 Å². The van der Waals surface area contributed by atoms with Crippen LogP contribution in [-0.4, -0.2) is 53.2 Å². The van der Waals surface area contributed by atoms with Crippen LogP contribution in [0.15, 0.2) is 54.6 Å². The molecule has 4 rings (SSSR count). The Labute approximate surface area is 188 Å². The number of benzene rings is 2. The van der Waals surface area contributed by atoms with Crippen LogP contribution in [0.25, 0.3) is 0 Å². The summed E-state index contributed by atoms with van der Waals surface area (Å²) in [5, 5.41) is 0. The van der Waals surface area contributed by atoms with Gasteiger partial charge in [0.25, 0.3) is 5.91 Å². The molecule has 2 heterocycles. The zero-order valence-electron chi connectivity index (χ0n) is 18.1. The Balaban J connectivity index is 1.28. The van der Waals surface area contributed by atoms with E-state index in [1.165, 1.54) is 0 Å². The van der Waals surface area contributed by atoms with Gasteiger partial charge in [0.05, 0.1) is 0 Å². The van der Waals surface area contributed by atoms with Gasteiger partial charge in [-0.3, -0.25) is 14.4 Å². The van der Waals surface area contributed by atoms with Crippen LogP contribution in [0, 0.1) is 5.92 Å². The molecular weight excluding hydrogens is 406 g/mol. The van der Waals surface area contributed by atoms with Crippen LogP contribution in [0.5, 0.6) is 5.75 Å². The number of nitrogens with two attached hydrogens (primary N) is 1. The SMILES string of the molecule is NC(=O)[C@@H]1CCCN1C(=O)C1CCN(C(=O)c2ccc(OCc3ccccc3)cc2)CC1. The summed E-state index contributed by atoms with van der Waals surface area (Å²) >= 11 is 0. The van der Waals surface area contributed by atoms with Gasteiger partial charge in [-0.15, -0.1) is 0 Å². The molecule has 168 valence electrons. The molecule has 2 fully saturated rings. The third-order valence-electron chi connectivity index (χ3n) is 6.35. The average molecular weight is 436 g/mol. The van der Waals surface area contributed by atoms with Gasteiger partial charge in [-0.2, -0.15) is 0 Å². The van der Waals surface area contributed by atoms with Gasteiger partial charge < -0.3 is 20.3 Å². The smallest absolute Gasteiger partial charge is 0.253 e. The van der Waals surface area contributed by atoms with E-state index in [1.54, 1.807) is 21.9 Å². The number of rotatable bonds is 6. The fraction of sp³-hybridized carbons (Fsp3) is 0.400. The molecule has 3 amide bonds. The van der Waals surface area contributed by atoms with Gasteiger partial charge in [0, 0.05) is 31.1 Å². The molecule has 2 N–H and O–H groups in total. The average Bonchev–Trinajstić information content (AvgIpc) is 3.33. The van der Waals surface area contributed by atoms with E-state index >= 15 is 0 Å². The highest BCUT2D eigenvalue weighted by Gasteiger charge is 2.37. The number of ether oxygens (including phenoxy) is 1. The van der Waals surface area contributed by atoms with Gasteiger partial charge in [-0.05, 0) is 55.5 Å². The van der Waals surface area contributed by atoms with Crippen molar-refractivity contribution in [2.24, 2.45) is 11.7 Å². The summed E-state index contributed by atoms with van der Waals surface area (Å²) in [6.45, 7) is 2.11. The van der Waals surface area contributed by atoms with Crippen molar-refractivity contribution in [2.45, 2.75) is 38.3 Å². The van der Waals surface area contributed by atoms with Gasteiger partial charge >= 0.3 is 0 Å². The molecule has 32 heavy (non-hydrogen) atoms. The highest BCUT2D eigenvalue weighted by molar-refractivity contribution is 5.94. The number of primary amides is 1. The number of hydrogen-bond donors (Lipinski definition) is 1. The molecule has 0 aliphatic carbocycles. The van der Waals surface area contributed by atoms with Crippen molar-refractivity contribution in [2.75, 3.05) is 19.6 Å². The summed E-state index contributed by atoms with van der Waals surface area (Å²) in [6, 6.07) is 16.6. The van der Waals surface area contributed by atoms with E-state index in [0.717, 1.165) is 12.0 Å². The van der Waals surface area contributed by atoms with Gasteiger partial charge in [0.1, 0.15) is 18.4 Å². The Morgan fingerprint density at radius 1 is 0.906 bits per heavy atom. The molecule has 2 aromatic rings. The minimum absolute atomic E-state index is 0.00156. The number of likely N-dealkylation sites (tertiary alicyclic amines) is 2. The molecule has 0 bridgehead atoms. The van der Waals surface area contributed by atoms with Crippen molar-refractivity contribution in [1.82, 2.24) is 9.80 Å². The zero-order chi connectivity index (χ0) is 22.5. The topological polar surface area (TPSA) is 92.9 Å². The molecular formula is C25H29N3O4. The number of carbonyl (C=O) groups excluding carboxylic acids is 3. The van der Waals surface area contributed by atoms with Crippen LogP contribution in [0.4, 0.5) is 0 Å². The molecule has 0 aromatic heterocycles. The highest BCUT2D eigenvalue weighted by atomic mass is 16.5. The first-order valence-corrected chi connectivity index (χ1v) is 11.2. The van der Waals surface area contributed by atoms with Crippen LogP contribution in [0.3, 0.4) is 0 Å². The lowest BCUT2D eigenvalue weighted by molar-refractivity contribution is -0.141. The maximum atomic E-state index is 12.9. The van der Waals surface area contributed by atoms with Gasteiger partial charge in [-0.25, -0.2) is 0 Å². The number of hydrogen-bond acceptors (Lipinski definition) is 4. The molecule has 0 unspecified atom stereocenters. The Morgan fingerprint density at radius 2 is 1.59 bits per heavy atom. The first-order chi connectivity index (χ1) is 15.5. The number of nitrogens with zero attached hydrogens (tertiary/aromatic N) is 2. The summed E-state index contributed by atoms with van der Waals surface area (Å²) in [5.41, 5.74) is 7.14. The highest BCUT2D eigenvalue weighted by Crippen LogP contribution is 2.26. The quantitative estimate of drug-likeness (QED) is 0.755. The minimum Gasteiger partial charge on any atom is -0.489 e. The molecule has 2 saturated heterocycles. The van der Waals surface area contributed by atoms with Crippen molar-refractivity contribution in [3.63, 3.8) is 0 Å². The minimum atomic E-state index is -0.482. The Hall–Kier alpha value is -3.35. The van der Waals surface area contributed by atoms with Crippen LogP contribution in [0.2, 0.25) is 0 Å². The van der Waals surface area contributed by atoms with E-state index < -0.39 is 11.9 Å². The predicted octanol–water partition coefficient (Wildman–Crippen LogP) is 2.59. The van der Waals surface area contributed by atoms with E-state index in [9.17, 15) is 14.4 Å². The van der Waals surface area contributed by atoms with Crippen LogP contribution in [0.1, 0.15) is 41.6 Å². The molecule has 7 heteroatoms. The first kappa shape index (κ1) is 21.9. The van der Waals surface area contributed by atoms with E-state index in [2.05, 4.69) is 0 Å². The molecule has 0 radical (unpaired) electrons. The summed E-state index contributed by atoms with van der Waals surface area (Å²) in [4.78, 5) is 40.8. The maximum absolute atomic E-state index is 12.9. The van der Waals surface area contributed by atoms with Crippen molar-refractivity contribution in [1.29, 1.82) is 0 Å². The van der Waals surface area contributed by atoms with E-state index in [0.29, 0.717) is 56.8 Å². The van der Waals surface area contributed by atoms with Gasteiger partial charge in [-0.1, -0.05) is 30.3 Å². The molecule has 2 aromatic carbocycles. The summed E-state index contributed by atoms with van der Waals surface area (Å²) < 4.78 is 5.79. The van der Waals surface area contributed by atoms with Gasteiger partial charge in [0.15, 0.2) is 0 Å². The van der Waals surface area contributed by atoms with Crippen molar-refractivity contribution in [3.8, 4) is 5.75 Å². The second kappa shape index (κ2) is 9.85. The third kappa shape index (κ3) is 4.93. The van der Waals surface area contributed by atoms with E-state index in [1.807, 2.05) is 42.5 Å². The fourth-order valence-electron chi connectivity index (χ4n) is 4.51. The first-order valence-electron chi connectivity index (χ1n) is 11.2. The standard InChI is InChI=1S/C25H29N3O4/c26-23(29)22-7-4-14-28(22)25(31)20-12-15-27(16-13-20)24(30)19-8-10-21(11-9-19)32-17-18-5-2-1-3-6-18/h1-3,5-6,8-11,20,22H,4,7,12-17H2,(H2,26,29)/t22-/m0/s1. The second-order valence-corrected chi connectivity index (χ2v) is 8.46. The molecule has 2 aliphatic heterocycles. The lowest BCUT2D eigenvalue weighted by Crippen LogP contribution is -2.49. The summed E-state index contributed by atoms with van der Waals surface area (Å²) in [6.07, 6.45) is 2.65. The Bertz CT molecular complexity index is 953. The monoisotopic (exact) mass is 435 g/mol. The molecule has 2 aliphatic rings. The summed E-state index contributed by atoms with van der Waals surface area (Å²) in [7, 11) is 0. The van der Waals surface area contributed by atoms with Crippen molar-refractivity contribution >= 4 is 17.7 Å². The van der Waals surface area contributed by atoms with Crippen LogP contribution >= 0.6 is 0 Å². The van der Waals surface area contributed by atoms with E-state index in [4.69, 9.17) is 10.5 Å². The summed E-state index contributed by atoms with van der Waals surface area (Å²) in [5.74, 6) is 0.0803. The lowest BCUT2D eigenvalue weighted by Gasteiger charge is -2.34. The molecule has 0 spiro atoms. The van der Waals surface area contributed by atoms with Crippen LogP contribution in [-0.2, 0) is 16.2 Å². The third-order valence-corrected chi connectivity index (χ3v) is 6.35. The Kier molecular flexibility index (Phi) is 6.73. The maximum Gasteiger partial charge on any atom is 0.253 e.